The lowest BCUT2D eigenvalue weighted by Gasteiger charge is -2.38. The fourth-order valence-electron chi connectivity index (χ4n) is 3.06. The molecule has 1 aromatic carbocycles. The Morgan fingerprint density at radius 2 is 2.00 bits per heavy atom. The van der Waals surface area contributed by atoms with E-state index in [4.69, 9.17) is 0 Å². The predicted octanol–water partition coefficient (Wildman–Crippen LogP) is 1.16. The number of hydrogen-bond donors (Lipinski definition) is 2. The van der Waals surface area contributed by atoms with Crippen LogP contribution in [-0.2, 0) is 0 Å². The molecule has 3 rings (SSSR count). The third kappa shape index (κ3) is 2.08. The van der Waals surface area contributed by atoms with Gasteiger partial charge >= 0.3 is 6.03 Å². The van der Waals surface area contributed by atoms with Crippen LogP contribution in [0.3, 0.4) is 0 Å². The molecule has 0 bridgehead atoms. The van der Waals surface area contributed by atoms with Gasteiger partial charge in [0.25, 0.3) is 0 Å². The molecule has 0 saturated carbocycles. The quantitative estimate of drug-likeness (QED) is 0.821. The molecule has 2 N–H and O–H groups in total. The Bertz CT molecular complexity index is 420. The van der Waals surface area contributed by atoms with Gasteiger partial charge in [-0.15, -0.1) is 0 Å². The number of urea groups is 1. The van der Waals surface area contributed by atoms with Gasteiger partial charge in [0.1, 0.15) is 0 Å². The molecule has 96 valence electrons. The molecule has 4 nitrogen and oxygen atoms in total. The summed E-state index contributed by atoms with van der Waals surface area (Å²) in [6.07, 6.45) is 1.03. The summed E-state index contributed by atoms with van der Waals surface area (Å²) in [5.41, 5.74) is 1.33. The molecule has 2 fully saturated rings. The van der Waals surface area contributed by atoms with Gasteiger partial charge < -0.3 is 15.5 Å². The first-order valence-corrected chi connectivity index (χ1v) is 6.66. The Labute approximate surface area is 107 Å². The molecule has 0 aromatic heterocycles. The topological polar surface area (TPSA) is 44.4 Å². The van der Waals surface area contributed by atoms with E-state index in [2.05, 4.69) is 34.9 Å². The van der Waals surface area contributed by atoms with Crippen LogP contribution < -0.4 is 10.6 Å². The third-order valence-corrected chi connectivity index (χ3v) is 3.96. The highest BCUT2D eigenvalue weighted by molar-refractivity contribution is 5.76. The van der Waals surface area contributed by atoms with E-state index in [9.17, 15) is 4.79 Å². The minimum absolute atomic E-state index is 0.0998. The summed E-state index contributed by atoms with van der Waals surface area (Å²) < 4.78 is 0. The van der Waals surface area contributed by atoms with Crippen molar-refractivity contribution in [3.8, 4) is 0 Å². The van der Waals surface area contributed by atoms with Crippen molar-refractivity contribution < 1.29 is 4.79 Å². The van der Waals surface area contributed by atoms with Crippen molar-refractivity contribution in [2.45, 2.75) is 18.4 Å². The minimum atomic E-state index is 0.0998. The molecule has 1 aromatic rings. The second-order valence-corrected chi connectivity index (χ2v) is 5.00. The Morgan fingerprint density at radius 1 is 1.17 bits per heavy atom. The van der Waals surface area contributed by atoms with Gasteiger partial charge in [0.2, 0.25) is 0 Å². The Morgan fingerprint density at radius 3 is 2.72 bits per heavy atom. The van der Waals surface area contributed by atoms with E-state index in [0.717, 1.165) is 32.6 Å². The summed E-state index contributed by atoms with van der Waals surface area (Å²) in [6.45, 7) is 3.58. The van der Waals surface area contributed by atoms with Crippen LogP contribution in [0, 0.1) is 0 Å². The van der Waals surface area contributed by atoms with E-state index in [-0.39, 0.29) is 6.03 Å². The number of hydrogen-bond acceptors (Lipinski definition) is 2. The number of piperidine rings is 1. The number of carbonyl (C=O) groups excluding carboxylic acids is 1. The molecule has 0 aliphatic carbocycles. The lowest BCUT2D eigenvalue weighted by Crippen LogP contribution is -2.49. The smallest absolute Gasteiger partial charge is 0.317 e. The first-order valence-electron chi connectivity index (χ1n) is 6.66. The monoisotopic (exact) mass is 245 g/mol. The second kappa shape index (κ2) is 4.98. The molecule has 2 saturated heterocycles. The lowest BCUT2D eigenvalue weighted by molar-refractivity contribution is 0.171. The number of benzene rings is 1. The van der Waals surface area contributed by atoms with Gasteiger partial charge in [-0.05, 0) is 18.5 Å². The molecule has 2 atom stereocenters. The van der Waals surface area contributed by atoms with Gasteiger partial charge in [0, 0.05) is 31.6 Å². The summed E-state index contributed by atoms with van der Waals surface area (Å²) in [6, 6.07) is 10.9. The van der Waals surface area contributed by atoms with E-state index in [0.29, 0.717) is 12.0 Å². The van der Waals surface area contributed by atoms with Gasteiger partial charge in [-0.25, -0.2) is 4.79 Å². The fourth-order valence-corrected chi connectivity index (χ4v) is 3.06. The van der Waals surface area contributed by atoms with Crippen LogP contribution in [0.25, 0.3) is 0 Å². The molecule has 4 heteroatoms. The Kier molecular flexibility index (Phi) is 3.19. The average Bonchev–Trinajstić information content (AvgIpc) is 2.86. The minimum Gasteiger partial charge on any atom is -0.336 e. The summed E-state index contributed by atoms with van der Waals surface area (Å²) in [4.78, 5) is 13.9. The largest absolute Gasteiger partial charge is 0.336 e. The molecule has 2 aliphatic rings. The fraction of sp³-hybridized carbons (Fsp3) is 0.500. The lowest BCUT2D eigenvalue weighted by atomic mass is 9.86. The number of carbonyl (C=O) groups is 1. The highest BCUT2D eigenvalue weighted by Crippen LogP contribution is 2.28. The molecule has 18 heavy (non-hydrogen) atoms. The van der Waals surface area contributed by atoms with Crippen LogP contribution in [0.15, 0.2) is 30.3 Å². The first-order chi connectivity index (χ1) is 8.86. The van der Waals surface area contributed by atoms with Gasteiger partial charge in [-0.2, -0.15) is 0 Å². The third-order valence-electron chi connectivity index (χ3n) is 3.96. The Balaban J connectivity index is 1.84. The van der Waals surface area contributed by atoms with Gasteiger partial charge in [0.05, 0.1) is 0 Å². The number of amides is 2. The van der Waals surface area contributed by atoms with Crippen molar-refractivity contribution in [2.24, 2.45) is 0 Å². The van der Waals surface area contributed by atoms with Crippen molar-refractivity contribution >= 4 is 6.03 Å². The Hall–Kier alpha value is -1.55. The van der Waals surface area contributed by atoms with Crippen LogP contribution in [0.4, 0.5) is 4.79 Å². The molecule has 2 amide bonds. The summed E-state index contributed by atoms with van der Waals surface area (Å²) >= 11 is 0. The normalized spacial score (nSPS) is 28.2. The molecule has 2 aliphatic heterocycles. The van der Waals surface area contributed by atoms with Crippen molar-refractivity contribution in [3.05, 3.63) is 35.9 Å². The van der Waals surface area contributed by atoms with Crippen molar-refractivity contribution in [1.29, 1.82) is 0 Å². The zero-order valence-corrected chi connectivity index (χ0v) is 10.4. The molecule has 2 unspecified atom stereocenters. The van der Waals surface area contributed by atoms with Crippen molar-refractivity contribution in [3.63, 3.8) is 0 Å². The first kappa shape index (κ1) is 11.5. The van der Waals surface area contributed by atoms with Gasteiger partial charge in [0.15, 0.2) is 0 Å². The highest BCUT2D eigenvalue weighted by atomic mass is 16.2. The number of rotatable bonds is 2. The van der Waals surface area contributed by atoms with Gasteiger partial charge in [-0.1, -0.05) is 30.3 Å². The van der Waals surface area contributed by atoms with E-state index >= 15 is 0 Å². The summed E-state index contributed by atoms with van der Waals surface area (Å²) in [7, 11) is 0. The van der Waals surface area contributed by atoms with E-state index in [1.165, 1.54) is 5.56 Å². The number of nitrogens with one attached hydrogen (secondary N) is 2. The standard InChI is InChI=1S/C14H19N3O/c18-14-16-8-9-17(14)13-6-7-15-10-12(13)11-4-2-1-3-5-11/h1-5,12-13,15H,6-10H2,(H,16,18). The number of nitrogens with zero attached hydrogens (tertiary/aromatic N) is 1. The molecule has 0 spiro atoms. The van der Waals surface area contributed by atoms with Crippen LogP contribution in [0.1, 0.15) is 17.9 Å². The van der Waals surface area contributed by atoms with Crippen molar-refractivity contribution in [2.75, 3.05) is 26.2 Å². The van der Waals surface area contributed by atoms with Crippen molar-refractivity contribution in [1.82, 2.24) is 15.5 Å². The molecule has 0 radical (unpaired) electrons. The maximum atomic E-state index is 11.8. The van der Waals surface area contributed by atoms with E-state index in [1.807, 2.05) is 11.0 Å². The zero-order chi connectivity index (χ0) is 12.4. The van der Waals surface area contributed by atoms with Gasteiger partial charge in [-0.3, -0.25) is 0 Å². The van der Waals surface area contributed by atoms with Crippen LogP contribution in [0.2, 0.25) is 0 Å². The zero-order valence-electron chi connectivity index (χ0n) is 10.4. The maximum Gasteiger partial charge on any atom is 0.317 e. The average molecular weight is 245 g/mol. The molecular weight excluding hydrogens is 226 g/mol. The molecule has 2 heterocycles. The predicted molar refractivity (Wildman–Crippen MR) is 70.6 cm³/mol. The maximum absolute atomic E-state index is 11.8. The van der Waals surface area contributed by atoms with E-state index < -0.39 is 0 Å². The summed E-state index contributed by atoms with van der Waals surface area (Å²) in [5, 5.41) is 6.35. The molecular formula is C14H19N3O. The second-order valence-electron chi connectivity index (χ2n) is 5.00. The highest BCUT2D eigenvalue weighted by Gasteiger charge is 2.35. The van der Waals surface area contributed by atoms with Crippen LogP contribution >= 0.6 is 0 Å². The van der Waals surface area contributed by atoms with Crippen LogP contribution in [-0.4, -0.2) is 43.2 Å². The summed E-state index contributed by atoms with van der Waals surface area (Å²) in [5.74, 6) is 0.406. The van der Waals surface area contributed by atoms with Crippen LogP contribution in [0.5, 0.6) is 0 Å². The van der Waals surface area contributed by atoms with E-state index in [1.54, 1.807) is 0 Å². The SMILES string of the molecule is O=C1NCCN1C1CCNCC1c1ccccc1.